The fourth-order valence-corrected chi connectivity index (χ4v) is 3.06. The fraction of sp³-hybridized carbons (Fsp3) is 0.538. The smallest absolute Gasteiger partial charge is 0.225 e. The first-order chi connectivity index (χ1) is 9.15. The van der Waals surface area contributed by atoms with Crippen molar-refractivity contribution < 1.29 is 4.74 Å². The lowest BCUT2D eigenvalue weighted by Gasteiger charge is -2.22. The molecule has 0 saturated carbocycles. The molecule has 2 aromatic rings. The molecule has 0 aliphatic rings. The summed E-state index contributed by atoms with van der Waals surface area (Å²) in [7, 11) is 0. The first-order valence-electron chi connectivity index (χ1n) is 6.42. The normalized spacial score (nSPS) is 11.2. The van der Waals surface area contributed by atoms with Gasteiger partial charge in [0.1, 0.15) is 10.6 Å². The maximum Gasteiger partial charge on any atom is 0.225 e. The van der Waals surface area contributed by atoms with Crippen molar-refractivity contribution in [2.45, 2.75) is 20.8 Å². The Morgan fingerprint density at radius 1 is 1.37 bits per heavy atom. The van der Waals surface area contributed by atoms with E-state index in [1.54, 1.807) is 11.3 Å². The maximum absolute atomic E-state index is 6.02. The van der Waals surface area contributed by atoms with Crippen LogP contribution in [-0.2, 0) is 4.74 Å². The average Bonchev–Trinajstić information content (AvgIpc) is 2.74. The van der Waals surface area contributed by atoms with Crippen molar-refractivity contribution in [3.63, 3.8) is 0 Å². The quantitative estimate of drug-likeness (QED) is 0.604. The number of rotatable bonds is 6. The van der Waals surface area contributed by atoms with Crippen LogP contribution in [0.25, 0.3) is 10.2 Å². The largest absolute Gasteiger partial charge is 0.380 e. The number of aromatic nitrogens is 2. The lowest BCUT2D eigenvalue weighted by atomic mass is 10.3. The topological polar surface area (TPSA) is 38.2 Å². The first-order valence-corrected chi connectivity index (χ1v) is 7.61. The SMILES string of the molecule is CCOCCN(CC)c1nc(Cl)nc2sc(C)cc12. The van der Waals surface area contributed by atoms with Crippen LogP contribution in [0.2, 0.25) is 5.28 Å². The molecular weight excluding hydrogens is 282 g/mol. The van der Waals surface area contributed by atoms with Gasteiger partial charge in [-0.25, -0.2) is 4.98 Å². The number of anilines is 1. The molecule has 2 heterocycles. The van der Waals surface area contributed by atoms with E-state index in [1.165, 1.54) is 4.88 Å². The minimum Gasteiger partial charge on any atom is -0.380 e. The number of nitrogens with zero attached hydrogens (tertiary/aromatic N) is 3. The molecule has 2 rings (SSSR count). The molecule has 0 N–H and O–H groups in total. The van der Waals surface area contributed by atoms with Crippen LogP contribution in [-0.4, -0.2) is 36.3 Å². The van der Waals surface area contributed by atoms with Gasteiger partial charge in [-0.3, -0.25) is 0 Å². The van der Waals surface area contributed by atoms with Gasteiger partial charge in [0, 0.05) is 24.6 Å². The number of thiophene rings is 1. The van der Waals surface area contributed by atoms with E-state index < -0.39 is 0 Å². The third kappa shape index (κ3) is 3.35. The van der Waals surface area contributed by atoms with Crippen LogP contribution in [0, 0.1) is 6.92 Å². The van der Waals surface area contributed by atoms with E-state index in [0.29, 0.717) is 11.9 Å². The Kier molecular flexibility index (Phi) is 4.96. The van der Waals surface area contributed by atoms with Gasteiger partial charge in [0.05, 0.1) is 12.0 Å². The standard InChI is InChI=1S/C13H18ClN3OS/c1-4-17(6-7-18-5-2)11-10-8-9(3)19-12(10)16-13(14)15-11/h8H,4-7H2,1-3H3. The molecule has 0 amide bonds. The van der Waals surface area contributed by atoms with Crippen molar-refractivity contribution in [1.29, 1.82) is 0 Å². The van der Waals surface area contributed by atoms with Crippen LogP contribution in [0.3, 0.4) is 0 Å². The van der Waals surface area contributed by atoms with E-state index in [4.69, 9.17) is 16.3 Å². The number of halogens is 1. The summed E-state index contributed by atoms with van der Waals surface area (Å²) in [5.41, 5.74) is 0. The second-order valence-corrected chi connectivity index (χ2v) is 5.74. The van der Waals surface area contributed by atoms with Crippen LogP contribution in [0.15, 0.2) is 6.07 Å². The summed E-state index contributed by atoms with van der Waals surface area (Å²) in [5, 5.41) is 1.38. The highest BCUT2D eigenvalue weighted by Gasteiger charge is 2.14. The number of hydrogen-bond acceptors (Lipinski definition) is 5. The molecule has 0 saturated heterocycles. The number of aryl methyl sites for hydroxylation is 1. The fourth-order valence-electron chi connectivity index (χ4n) is 1.98. The van der Waals surface area contributed by atoms with Gasteiger partial charge >= 0.3 is 0 Å². The van der Waals surface area contributed by atoms with E-state index in [9.17, 15) is 0 Å². The minimum atomic E-state index is 0.305. The molecule has 0 bridgehead atoms. The van der Waals surface area contributed by atoms with Crippen LogP contribution < -0.4 is 4.90 Å². The van der Waals surface area contributed by atoms with E-state index in [2.05, 4.69) is 34.8 Å². The highest BCUT2D eigenvalue weighted by Crippen LogP contribution is 2.31. The third-order valence-electron chi connectivity index (χ3n) is 2.86. The lowest BCUT2D eigenvalue weighted by Crippen LogP contribution is -2.28. The van der Waals surface area contributed by atoms with Gasteiger partial charge in [0.25, 0.3) is 0 Å². The first kappa shape index (κ1) is 14.5. The number of likely N-dealkylation sites (N-methyl/N-ethyl adjacent to an activating group) is 1. The summed E-state index contributed by atoms with van der Waals surface area (Å²) in [6, 6.07) is 2.12. The Bertz CT molecular complexity index is 558. The molecule has 6 heteroatoms. The minimum absolute atomic E-state index is 0.305. The molecule has 104 valence electrons. The van der Waals surface area contributed by atoms with Crippen molar-refractivity contribution in [1.82, 2.24) is 9.97 Å². The molecule has 0 spiro atoms. The molecule has 0 aromatic carbocycles. The molecule has 19 heavy (non-hydrogen) atoms. The number of hydrogen-bond donors (Lipinski definition) is 0. The molecular formula is C13H18ClN3OS. The Labute approximate surface area is 122 Å². The summed E-state index contributed by atoms with van der Waals surface area (Å²) >= 11 is 7.67. The summed E-state index contributed by atoms with van der Waals surface area (Å²) in [6.07, 6.45) is 0. The van der Waals surface area contributed by atoms with Gasteiger partial charge in [-0.05, 0) is 38.4 Å². The second kappa shape index (κ2) is 6.50. The summed E-state index contributed by atoms with van der Waals surface area (Å²) < 4.78 is 5.42. The van der Waals surface area contributed by atoms with Gasteiger partial charge in [-0.1, -0.05) is 0 Å². The molecule has 4 nitrogen and oxygen atoms in total. The van der Waals surface area contributed by atoms with Gasteiger partial charge < -0.3 is 9.64 Å². The zero-order valence-corrected chi connectivity index (χ0v) is 13.0. The number of fused-ring (bicyclic) bond motifs is 1. The second-order valence-electron chi connectivity index (χ2n) is 4.17. The third-order valence-corrected chi connectivity index (χ3v) is 3.97. The van der Waals surface area contributed by atoms with Crippen LogP contribution in [0.1, 0.15) is 18.7 Å². The van der Waals surface area contributed by atoms with Crippen molar-refractivity contribution in [2.24, 2.45) is 0 Å². The van der Waals surface area contributed by atoms with E-state index >= 15 is 0 Å². The van der Waals surface area contributed by atoms with Crippen molar-refractivity contribution >= 4 is 39.0 Å². The molecule has 2 aromatic heterocycles. The molecule has 0 unspecified atom stereocenters. The van der Waals surface area contributed by atoms with Gasteiger partial charge in [-0.2, -0.15) is 4.98 Å². The van der Waals surface area contributed by atoms with E-state index in [-0.39, 0.29) is 0 Å². The van der Waals surface area contributed by atoms with Crippen LogP contribution in [0.5, 0.6) is 0 Å². The van der Waals surface area contributed by atoms with E-state index in [1.807, 2.05) is 6.92 Å². The highest BCUT2D eigenvalue weighted by atomic mass is 35.5. The van der Waals surface area contributed by atoms with Gasteiger partial charge in [0.15, 0.2) is 0 Å². The average molecular weight is 300 g/mol. The van der Waals surface area contributed by atoms with Crippen molar-refractivity contribution in [3.8, 4) is 0 Å². The maximum atomic E-state index is 6.02. The summed E-state index contributed by atoms with van der Waals surface area (Å²) in [6.45, 7) is 9.27. The van der Waals surface area contributed by atoms with Crippen LogP contribution in [0.4, 0.5) is 5.82 Å². The van der Waals surface area contributed by atoms with Crippen molar-refractivity contribution in [2.75, 3.05) is 31.2 Å². The van der Waals surface area contributed by atoms with E-state index in [0.717, 1.165) is 35.7 Å². The molecule has 0 aliphatic carbocycles. The van der Waals surface area contributed by atoms with Crippen molar-refractivity contribution in [3.05, 3.63) is 16.2 Å². The summed E-state index contributed by atoms with van der Waals surface area (Å²) in [4.78, 5) is 13.0. The zero-order chi connectivity index (χ0) is 13.8. The Morgan fingerprint density at radius 2 is 2.16 bits per heavy atom. The predicted octanol–water partition coefficient (Wildman–Crippen LogP) is 3.52. The monoisotopic (exact) mass is 299 g/mol. The summed E-state index contributed by atoms with van der Waals surface area (Å²) in [5.74, 6) is 0.904. The van der Waals surface area contributed by atoms with Crippen LogP contribution >= 0.6 is 22.9 Å². The molecule has 0 radical (unpaired) electrons. The number of ether oxygens (including phenoxy) is 1. The lowest BCUT2D eigenvalue weighted by molar-refractivity contribution is 0.154. The zero-order valence-electron chi connectivity index (χ0n) is 11.4. The Hall–Kier alpha value is -0.910. The van der Waals surface area contributed by atoms with Gasteiger partial charge in [-0.15, -0.1) is 11.3 Å². The Balaban J connectivity index is 2.35. The molecule has 0 aliphatic heterocycles. The highest BCUT2D eigenvalue weighted by molar-refractivity contribution is 7.18. The predicted molar refractivity (Wildman–Crippen MR) is 81.5 cm³/mol. The Morgan fingerprint density at radius 3 is 2.84 bits per heavy atom. The van der Waals surface area contributed by atoms with Gasteiger partial charge in [0.2, 0.25) is 5.28 Å². The molecule has 0 atom stereocenters. The molecule has 0 fully saturated rings.